The quantitative estimate of drug-likeness (QED) is 0.272. The van der Waals surface area contributed by atoms with Gasteiger partial charge in [-0.2, -0.15) is 0 Å². The van der Waals surface area contributed by atoms with Gasteiger partial charge in [0.05, 0.1) is 0 Å². The summed E-state index contributed by atoms with van der Waals surface area (Å²) < 4.78 is 5.37. The van der Waals surface area contributed by atoms with Crippen molar-refractivity contribution in [3.63, 3.8) is 0 Å². The minimum atomic E-state index is -3.37. The van der Waals surface area contributed by atoms with E-state index in [4.69, 9.17) is 43.2 Å². The van der Waals surface area contributed by atoms with Crippen LogP contribution in [0.4, 0.5) is 0 Å². The van der Waals surface area contributed by atoms with Gasteiger partial charge < -0.3 is 0 Å². The Bertz CT molecular complexity index is 431. The fraction of sp³-hybridized carbons (Fsp3) is 0.250. The molecule has 0 heterocycles. The number of benzene rings is 1. The predicted molar refractivity (Wildman–Crippen MR) is 84.2 cm³/mol. The van der Waals surface area contributed by atoms with Crippen LogP contribution in [-0.4, -0.2) is 32.8 Å². The predicted octanol–water partition coefficient (Wildman–Crippen LogP) is 4.51. The van der Waals surface area contributed by atoms with Crippen LogP contribution in [0.2, 0.25) is 4.47 Å². The van der Waals surface area contributed by atoms with Gasteiger partial charge in [-0.15, -0.1) is 0 Å². The number of ether oxygens (including phenoxy) is 1. The van der Waals surface area contributed by atoms with Gasteiger partial charge in [0, 0.05) is 0 Å². The van der Waals surface area contributed by atoms with Gasteiger partial charge in [-0.1, -0.05) is 0 Å². The van der Waals surface area contributed by atoms with Crippen molar-refractivity contribution in [1.29, 1.82) is 0 Å². The normalized spacial score (nSPS) is 14.3. The Morgan fingerprint density at radius 3 is 2.42 bits per heavy atom. The summed E-state index contributed by atoms with van der Waals surface area (Å²) >= 11 is 2.32. The molecule has 106 valence electrons. The molecule has 1 rings (SSSR count). The van der Waals surface area contributed by atoms with Crippen molar-refractivity contribution < 1.29 is 9.53 Å². The number of alkyl halides is 1. The summed E-state index contributed by atoms with van der Waals surface area (Å²) in [5, 5.41) is 0. The first kappa shape index (κ1) is 17.4. The summed E-state index contributed by atoms with van der Waals surface area (Å²) in [7, 11) is 17.4. The zero-order valence-corrected chi connectivity index (χ0v) is 15.1. The van der Waals surface area contributed by atoms with Crippen molar-refractivity contribution in [2.75, 3.05) is 5.88 Å². The van der Waals surface area contributed by atoms with Crippen molar-refractivity contribution in [2.45, 2.75) is 10.6 Å². The van der Waals surface area contributed by atoms with E-state index in [-0.39, 0.29) is 10.3 Å². The van der Waals surface area contributed by atoms with Crippen molar-refractivity contribution in [3.05, 3.63) is 42.0 Å². The third-order valence-corrected chi connectivity index (χ3v) is 7.06. The van der Waals surface area contributed by atoms with Crippen LogP contribution in [0.15, 0.2) is 36.4 Å². The minimum absolute atomic E-state index is 0.116. The van der Waals surface area contributed by atoms with E-state index in [0.29, 0.717) is 0 Å². The van der Waals surface area contributed by atoms with Crippen LogP contribution in [0, 0.1) is 0 Å². The van der Waals surface area contributed by atoms with Crippen molar-refractivity contribution in [1.82, 2.24) is 0 Å². The monoisotopic (exact) mass is 458 g/mol. The number of hydrogen-bond acceptors (Lipinski definition) is 2. The van der Waals surface area contributed by atoms with E-state index >= 15 is 0 Å². The van der Waals surface area contributed by atoms with Crippen LogP contribution in [-0.2, 0) is 9.53 Å². The molecule has 1 unspecified atom stereocenters. The van der Waals surface area contributed by atoms with Gasteiger partial charge in [0.2, 0.25) is 0 Å². The average molecular weight is 458 g/mol. The number of halogens is 4. The number of carbonyl (C=O) groups is 1. The van der Waals surface area contributed by atoms with Gasteiger partial charge in [-0.3, -0.25) is 0 Å². The maximum absolute atomic E-state index is 11.6. The molecule has 0 fully saturated rings. The van der Waals surface area contributed by atoms with Crippen molar-refractivity contribution in [2.24, 2.45) is 0 Å². The topological polar surface area (TPSA) is 26.3 Å². The Morgan fingerprint density at radius 2 is 1.89 bits per heavy atom. The first-order valence-corrected chi connectivity index (χ1v) is 16.3. The van der Waals surface area contributed by atoms with Crippen LogP contribution < -0.4 is 0 Å². The van der Waals surface area contributed by atoms with Crippen LogP contribution in [0.5, 0.6) is 0 Å². The molecule has 0 saturated heterocycles. The van der Waals surface area contributed by atoms with E-state index in [1.165, 1.54) is 6.08 Å². The molecule has 1 aromatic carbocycles. The van der Waals surface area contributed by atoms with Gasteiger partial charge in [0.15, 0.2) is 0 Å². The van der Waals surface area contributed by atoms with Crippen molar-refractivity contribution in [3.8, 4) is 0 Å². The van der Waals surface area contributed by atoms with E-state index in [2.05, 4.69) is 0 Å². The maximum atomic E-state index is 11.6. The fourth-order valence-electron chi connectivity index (χ4n) is 1.25. The summed E-state index contributed by atoms with van der Waals surface area (Å²) in [6, 6.07) is 9.40. The fourth-order valence-corrected chi connectivity index (χ4v) is 6.39. The van der Waals surface area contributed by atoms with Crippen LogP contribution >= 0.6 is 38.5 Å². The molecule has 0 aliphatic heterocycles. The van der Waals surface area contributed by atoms with E-state index < -0.39 is 26.9 Å². The first-order chi connectivity index (χ1) is 8.90. The SMILES string of the molecule is O=C(/C=C/c1ccccc1)OC(CCl)C[Te](Cl)(Cl)Cl. The number of rotatable bonds is 6. The molecular weight excluding hydrogens is 446 g/mol. The molecule has 0 radical (unpaired) electrons. The Labute approximate surface area is 132 Å². The van der Waals surface area contributed by atoms with Gasteiger partial charge in [-0.05, 0) is 0 Å². The van der Waals surface area contributed by atoms with E-state index in [9.17, 15) is 4.79 Å². The van der Waals surface area contributed by atoms with E-state index in [1.807, 2.05) is 30.3 Å². The molecule has 0 aliphatic rings. The van der Waals surface area contributed by atoms with Crippen LogP contribution in [0.25, 0.3) is 6.08 Å². The van der Waals surface area contributed by atoms with Crippen molar-refractivity contribution >= 4 is 65.4 Å². The molecule has 0 aliphatic carbocycles. The number of carbonyl (C=O) groups excluding carboxylic acids is 1. The standard InChI is InChI=1S/C12H12Cl4O2Te/c13-8-11(9-19(14,15)16)18-12(17)7-6-10-4-2-1-3-5-10/h1-7,11H,8-9H2/b7-6+. The molecule has 19 heavy (non-hydrogen) atoms. The third kappa shape index (κ3) is 8.30. The molecule has 7 heteroatoms. The molecule has 2 nitrogen and oxygen atoms in total. The summed E-state index contributed by atoms with van der Waals surface area (Å²) in [5.41, 5.74) is 0.904. The van der Waals surface area contributed by atoms with Gasteiger partial charge in [-0.25, -0.2) is 0 Å². The van der Waals surface area contributed by atoms with Gasteiger partial charge >= 0.3 is 133 Å². The Balaban J connectivity index is 2.52. The van der Waals surface area contributed by atoms with Gasteiger partial charge in [0.1, 0.15) is 0 Å². The van der Waals surface area contributed by atoms with Gasteiger partial charge in [0.25, 0.3) is 0 Å². The van der Waals surface area contributed by atoms with Crippen LogP contribution in [0.1, 0.15) is 5.56 Å². The molecule has 0 aromatic heterocycles. The third-order valence-electron chi connectivity index (χ3n) is 2.04. The summed E-state index contributed by atoms with van der Waals surface area (Å²) in [4.78, 5) is 11.6. The second-order valence-corrected chi connectivity index (χ2v) is 21.5. The van der Waals surface area contributed by atoms with E-state index in [1.54, 1.807) is 6.08 Å². The summed E-state index contributed by atoms with van der Waals surface area (Å²) in [5.74, 6) is -0.378. The molecule has 0 N–H and O–H groups in total. The Kier molecular flexibility index (Phi) is 7.91. The number of esters is 1. The molecule has 0 spiro atoms. The summed E-state index contributed by atoms with van der Waals surface area (Å²) in [6.07, 6.45) is 2.44. The van der Waals surface area contributed by atoms with E-state index in [0.717, 1.165) is 5.56 Å². The first-order valence-electron chi connectivity index (χ1n) is 5.30. The average Bonchev–Trinajstić information content (AvgIpc) is 2.35. The zero-order chi connectivity index (χ0) is 14.3. The second kappa shape index (κ2) is 8.62. The molecule has 1 atom stereocenters. The molecule has 0 bridgehead atoms. The Hall–Kier alpha value is 0.380. The zero-order valence-electron chi connectivity index (χ0n) is 9.77. The second-order valence-electron chi connectivity index (χ2n) is 3.63. The molecular formula is C12H12Cl4O2Te. The van der Waals surface area contributed by atoms with Crippen LogP contribution in [0.3, 0.4) is 0 Å². The summed E-state index contributed by atoms with van der Waals surface area (Å²) in [6.45, 7) is 0. The molecule has 0 saturated carbocycles. The Morgan fingerprint density at radius 1 is 1.26 bits per heavy atom. The number of hydrogen-bond donors (Lipinski definition) is 0. The molecule has 0 amide bonds. The molecule has 1 aromatic rings.